The van der Waals surface area contributed by atoms with Crippen molar-refractivity contribution in [2.45, 2.75) is 27.0 Å². The quantitative estimate of drug-likeness (QED) is 0.921. The van der Waals surface area contributed by atoms with Gasteiger partial charge in [-0.25, -0.2) is 4.98 Å². The van der Waals surface area contributed by atoms with Crippen molar-refractivity contribution in [1.82, 2.24) is 10.3 Å². The fourth-order valence-electron chi connectivity index (χ4n) is 1.77. The maximum Gasteiger partial charge on any atom is 0.387 e. The number of ether oxygens (including phenoxy) is 1. The number of carbonyl (C=O) groups excluding carboxylic acids is 1. The molecule has 0 unspecified atom stereocenters. The van der Waals surface area contributed by atoms with Gasteiger partial charge in [0.05, 0.1) is 6.20 Å². The van der Waals surface area contributed by atoms with Crippen LogP contribution in [-0.4, -0.2) is 17.5 Å². The molecule has 1 amide bonds. The SMILES string of the molecule is Cc1ccc(OC(F)F)c(CNC(=O)c2ncc(C)o2)c1. The molecular formula is C14H14F2N2O3. The van der Waals surface area contributed by atoms with Crippen molar-refractivity contribution in [1.29, 1.82) is 0 Å². The van der Waals surface area contributed by atoms with E-state index in [9.17, 15) is 13.6 Å². The van der Waals surface area contributed by atoms with E-state index in [1.54, 1.807) is 19.1 Å². The zero-order valence-electron chi connectivity index (χ0n) is 11.5. The van der Waals surface area contributed by atoms with Gasteiger partial charge in [0.25, 0.3) is 5.89 Å². The van der Waals surface area contributed by atoms with Crippen LogP contribution in [0.25, 0.3) is 0 Å². The molecule has 1 aromatic carbocycles. The topological polar surface area (TPSA) is 64.4 Å². The molecule has 0 aliphatic carbocycles. The number of alkyl halides is 2. The molecule has 21 heavy (non-hydrogen) atoms. The molecule has 1 N–H and O–H groups in total. The van der Waals surface area contributed by atoms with Crippen LogP contribution < -0.4 is 10.1 Å². The lowest BCUT2D eigenvalue weighted by molar-refractivity contribution is -0.0504. The lowest BCUT2D eigenvalue weighted by Crippen LogP contribution is -2.23. The maximum atomic E-state index is 12.3. The first-order chi connectivity index (χ1) is 9.95. The molecule has 112 valence electrons. The van der Waals surface area contributed by atoms with E-state index in [1.165, 1.54) is 12.3 Å². The third-order valence-electron chi connectivity index (χ3n) is 2.69. The normalized spacial score (nSPS) is 10.7. The first kappa shape index (κ1) is 15.0. The highest BCUT2D eigenvalue weighted by atomic mass is 19.3. The number of benzene rings is 1. The smallest absolute Gasteiger partial charge is 0.387 e. The summed E-state index contributed by atoms with van der Waals surface area (Å²) in [4.78, 5) is 15.6. The van der Waals surface area contributed by atoms with E-state index in [0.29, 0.717) is 11.3 Å². The Morgan fingerprint density at radius 3 is 2.81 bits per heavy atom. The molecule has 0 spiro atoms. The van der Waals surface area contributed by atoms with Crippen LogP contribution in [-0.2, 0) is 6.54 Å². The van der Waals surface area contributed by atoms with Gasteiger partial charge in [-0.3, -0.25) is 4.79 Å². The Kier molecular flexibility index (Phi) is 4.52. The largest absolute Gasteiger partial charge is 0.438 e. The highest BCUT2D eigenvalue weighted by molar-refractivity contribution is 5.89. The van der Waals surface area contributed by atoms with Gasteiger partial charge in [0.1, 0.15) is 11.5 Å². The van der Waals surface area contributed by atoms with Gasteiger partial charge in [0.2, 0.25) is 0 Å². The Morgan fingerprint density at radius 1 is 1.43 bits per heavy atom. The number of rotatable bonds is 5. The summed E-state index contributed by atoms with van der Waals surface area (Å²) in [6.45, 7) is 0.592. The zero-order chi connectivity index (χ0) is 15.4. The van der Waals surface area contributed by atoms with Gasteiger partial charge in [-0.1, -0.05) is 17.7 Å². The molecule has 0 atom stereocenters. The van der Waals surface area contributed by atoms with Crippen molar-refractivity contribution >= 4 is 5.91 Å². The molecule has 0 fully saturated rings. The van der Waals surface area contributed by atoms with Crippen molar-refractivity contribution < 1.29 is 22.7 Å². The number of halogens is 2. The summed E-state index contributed by atoms with van der Waals surface area (Å²) in [5.41, 5.74) is 1.32. The number of nitrogens with zero attached hydrogens (tertiary/aromatic N) is 1. The zero-order valence-corrected chi connectivity index (χ0v) is 11.5. The Morgan fingerprint density at radius 2 is 2.19 bits per heavy atom. The van der Waals surface area contributed by atoms with Gasteiger partial charge >= 0.3 is 12.5 Å². The highest BCUT2D eigenvalue weighted by Gasteiger charge is 2.14. The fourth-order valence-corrected chi connectivity index (χ4v) is 1.77. The summed E-state index contributed by atoms with van der Waals surface area (Å²) in [5.74, 6) is -0.0546. The van der Waals surface area contributed by atoms with E-state index < -0.39 is 12.5 Å². The number of oxazole rings is 1. The minimum atomic E-state index is -2.92. The van der Waals surface area contributed by atoms with Gasteiger partial charge in [-0.2, -0.15) is 8.78 Å². The van der Waals surface area contributed by atoms with Crippen LogP contribution in [0.4, 0.5) is 8.78 Å². The first-order valence-electron chi connectivity index (χ1n) is 6.20. The maximum absolute atomic E-state index is 12.3. The summed E-state index contributed by atoms with van der Waals surface area (Å²) < 4.78 is 34.2. The second-order valence-electron chi connectivity index (χ2n) is 4.45. The lowest BCUT2D eigenvalue weighted by atomic mass is 10.1. The Labute approximate surface area is 119 Å². The van der Waals surface area contributed by atoms with Crippen LogP contribution >= 0.6 is 0 Å². The minimum Gasteiger partial charge on any atom is -0.438 e. The lowest BCUT2D eigenvalue weighted by Gasteiger charge is -2.11. The molecule has 2 aromatic rings. The van der Waals surface area contributed by atoms with E-state index in [2.05, 4.69) is 15.0 Å². The van der Waals surface area contributed by atoms with Crippen LogP contribution in [0.2, 0.25) is 0 Å². The number of aromatic nitrogens is 1. The number of hydrogen-bond acceptors (Lipinski definition) is 4. The molecule has 1 aromatic heterocycles. The van der Waals surface area contributed by atoms with Crippen LogP contribution in [0, 0.1) is 13.8 Å². The molecule has 2 rings (SSSR count). The fraction of sp³-hybridized carbons (Fsp3) is 0.286. The standard InChI is InChI=1S/C14H14F2N2O3/c1-8-3-4-11(21-14(15)16)10(5-8)7-17-12(19)13-18-6-9(2)20-13/h3-6,14H,7H2,1-2H3,(H,17,19). The third kappa shape index (κ3) is 4.01. The Balaban J connectivity index is 2.08. The molecule has 0 aliphatic rings. The van der Waals surface area contributed by atoms with Crippen LogP contribution in [0.1, 0.15) is 27.6 Å². The number of carbonyl (C=O) groups is 1. The van der Waals surface area contributed by atoms with Crippen LogP contribution in [0.3, 0.4) is 0 Å². The molecule has 0 radical (unpaired) electrons. The first-order valence-corrected chi connectivity index (χ1v) is 6.20. The molecule has 1 heterocycles. The van der Waals surface area contributed by atoms with Gasteiger partial charge in [0, 0.05) is 12.1 Å². The van der Waals surface area contributed by atoms with Gasteiger partial charge in [0.15, 0.2) is 0 Å². The van der Waals surface area contributed by atoms with E-state index >= 15 is 0 Å². The average molecular weight is 296 g/mol. The Bertz CT molecular complexity index is 641. The summed E-state index contributed by atoms with van der Waals surface area (Å²) in [6, 6.07) is 4.76. The minimum absolute atomic E-state index is 0.0273. The monoisotopic (exact) mass is 296 g/mol. The van der Waals surface area contributed by atoms with Crippen molar-refractivity contribution in [3.05, 3.63) is 47.2 Å². The van der Waals surface area contributed by atoms with Gasteiger partial charge in [-0.15, -0.1) is 0 Å². The van der Waals surface area contributed by atoms with Crippen molar-refractivity contribution in [2.24, 2.45) is 0 Å². The molecule has 0 bridgehead atoms. The molecule has 7 heteroatoms. The van der Waals surface area contributed by atoms with Crippen LogP contribution in [0.5, 0.6) is 5.75 Å². The highest BCUT2D eigenvalue weighted by Crippen LogP contribution is 2.22. The number of hydrogen-bond donors (Lipinski definition) is 1. The third-order valence-corrected chi connectivity index (χ3v) is 2.69. The summed E-state index contributed by atoms with van der Waals surface area (Å²) >= 11 is 0. The van der Waals surface area contributed by atoms with E-state index in [4.69, 9.17) is 4.42 Å². The molecule has 5 nitrogen and oxygen atoms in total. The molecular weight excluding hydrogens is 282 g/mol. The second kappa shape index (κ2) is 6.34. The summed E-state index contributed by atoms with van der Waals surface area (Å²) in [5, 5.41) is 2.55. The van der Waals surface area contributed by atoms with Crippen molar-refractivity contribution in [2.75, 3.05) is 0 Å². The van der Waals surface area contributed by atoms with Crippen molar-refractivity contribution in [3.8, 4) is 5.75 Å². The number of amides is 1. The van der Waals surface area contributed by atoms with E-state index in [0.717, 1.165) is 5.56 Å². The average Bonchev–Trinajstić information content (AvgIpc) is 2.85. The predicted octanol–water partition coefficient (Wildman–Crippen LogP) is 2.82. The predicted molar refractivity (Wildman–Crippen MR) is 70.2 cm³/mol. The summed E-state index contributed by atoms with van der Waals surface area (Å²) in [6.07, 6.45) is 1.42. The van der Waals surface area contributed by atoms with E-state index in [-0.39, 0.29) is 18.2 Å². The molecule has 0 saturated carbocycles. The molecule has 0 saturated heterocycles. The number of nitrogens with one attached hydrogen (secondary N) is 1. The second-order valence-corrected chi connectivity index (χ2v) is 4.45. The van der Waals surface area contributed by atoms with Crippen LogP contribution in [0.15, 0.2) is 28.8 Å². The summed E-state index contributed by atoms with van der Waals surface area (Å²) in [7, 11) is 0. The van der Waals surface area contributed by atoms with Gasteiger partial charge in [-0.05, 0) is 19.9 Å². The molecule has 0 aliphatic heterocycles. The Hall–Kier alpha value is -2.44. The number of aryl methyl sites for hydroxylation is 2. The van der Waals surface area contributed by atoms with Crippen molar-refractivity contribution in [3.63, 3.8) is 0 Å². The van der Waals surface area contributed by atoms with Gasteiger partial charge < -0.3 is 14.5 Å². The van der Waals surface area contributed by atoms with E-state index in [1.807, 2.05) is 6.92 Å².